The number of esters is 1. The Morgan fingerprint density at radius 1 is 1.06 bits per heavy atom. The van der Waals surface area contributed by atoms with E-state index in [9.17, 15) is 37.2 Å². The minimum absolute atomic E-state index is 0.0657. The number of nitrogens with one attached hydrogen (secondary N) is 4. The molecule has 18 heteroatoms. The highest BCUT2D eigenvalue weighted by atomic mass is 32.2. The van der Waals surface area contributed by atoms with Crippen LogP contribution < -0.4 is 20.7 Å². The van der Waals surface area contributed by atoms with E-state index in [0.29, 0.717) is 19.3 Å². The second kappa shape index (κ2) is 15.5. The number of carbonyl (C=O) groups excluding carboxylic acids is 6. The summed E-state index contributed by atoms with van der Waals surface area (Å²) in [7, 11) is -2.77. The molecule has 52 heavy (non-hydrogen) atoms. The molecule has 5 amide bonds. The van der Waals surface area contributed by atoms with Gasteiger partial charge in [0.05, 0.1) is 36.8 Å². The lowest BCUT2D eigenvalue weighted by molar-refractivity contribution is -0.141. The summed E-state index contributed by atoms with van der Waals surface area (Å²) >= 11 is 0. The monoisotopic (exact) mass is 747 g/mol. The topological polar surface area (TPSA) is 225 Å². The molecule has 1 saturated heterocycles. The average molecular weight is 748 g/mol. The summed E-state index contributed by atoms with van der Waals surface area (Å²) in [6, 6.07) is 3.60. The molecule has 5 atom stereocenters. The number of amides is 5. The molecule has 5 rings (SSSR count). The first kappa shape index (κ1) is 38.5. The van der Waals surface area contributed by atoms with Gasteiger partial charge in [0.25, 0.3) is 5.91 Å². The van der Waals surface area contributed by atoms with Gasteiger partial charge >= 0.3 is 18.2 Å². The molecule has 0 unspecified atom stereocenters. The van der Waals surface area contributed by atoms with Gasteiger partial charge in [-0.1, -0.05) is 24.3 Å². The van der Waals surface area contributed by atoms with E-state index in [-0.39, 0.29) is 50.3 Å². The lowest BCUT2D eigenvalue weighted by atomic mass is 10.1. The van der Waals surface area contributed by atoms with Gasteiger partial charge in [-0.05, 0) is 65.0 Å². The third kappa shape index (κ3) is 9.39. The van der Waals surface area contributed by atoms with Gasteiger partial charge < -0.3 is 34.5 Å². The number of sulfonamides is 1. The van der Waals surface area contributed by atoms with Gasteiger partial charge in [0, 0.05) is 18.9 Å². The first-order valence-corrected chi connectivity index (χ1v) is 18.6. The zero-order valence-corrected chi connectivity index (χ0v) is 30.3. The lowest BCUT2D eigenvalue weighted by Crippen LogP contribution is -2.58. The summed E-state index contributed by atoms with van der Waals surface area (Å²) in [5, 5.41) is 7.12. The number of alkyl carbamates (subject to hydrolysis) is 1. The zero-order chi connectivity index (χ0) is 37.8. The maximum atomic E-state index is 14.2. The van der Waals surface area contributed by atoms with Crippen LogP contribution in [0.1, 0.15) is 69.7 Å². The molecule has 0 bridgehead atoms. The van der Waals surface area contributed by atoms with Gasteiger partial charge in [0.2, 0.25) is 21.8 Å². The van der Waals surface area contributed by atoms with Crippen molar-refractivity contribution in [1.82, 2.24) is 20.3 Å². The Balaban J connectivity index is 1.41. The van der Waals surface area contributed by atoms with Gasteiger partial charge in [0.1, 0.15) is 29.3 Å². The van der Waals surface area contributed by atoms with Crippen molar-refractivity contribution in [3.63, 3.8) is 0 Å². The number of anilines is 1. The fourth-order valence-electron chi connectivity index (χ4n) is 6.18. The SMILES string of the molecule is COC(=O)c1ccccc1NC(=O)O[C@@H]1C[C@H]2C(=O)N[C@]3(C(=O)NS(=O)(=O)C4CC4)C[C@H]3C=CCOCCC[C@H](NC(=O)OC(C)(C)C)C(=O)N2C1. The van der Waals surface area contributed by atoms with Crippen molar-refractivity contribution in [2.45, 2.75) is 93.9 Å². The summed E-state index contributed by atoms with van der Waals surface area (Å²) in [6.45, 7) is 5.08. The maximum Gasteiger partial charge on any atom is 0.411 e. The van der Waals surface area contributed by atoms with Gasteiger partial charge in [-0.25, -0.2) is 22.8 Å². The van der Waals surface area contributed by atoms with Crippen LogP contribution in [0.3, 0.4) is 0 Å². The molecular formula is C34H45N5O12S. The number of nitrogens with zero attached hydrogens (tertiary/aromatic N) is 1. The van der Waals surface area contributed by atoms with E-state index >= 15 is 0 Å². The first-order chi connectivity index (χ1) is 24.5. The van der Waals surface area contributed by atoms with Crippen molar-refractivity contribution < 1.29 is 56.1 Å². The van der Waals surface area contributed by atoms with Crippen molar-refractivity contribution in [3.8, 4) is 0 Å². The number of hydrogen-bond donors (Lipinski definition) is 4. The highest BCUT2D eigenvalue weighted by Crippen LogP contribution is 2.46. The van der Waals surface area contributed by atoms with E-state index in [2.05, 4.69) is 20.7 Å². The lowest BCUT2D eigenvalue weighted by Gasteiger charge is -2.30. The molecule has 2 heterocycles. The maximum absolute atomic E-state index is 14.2. The van der Waals surface area contributed by atoms with Crippen molar-refractivity contribution >= 4 is 51.6 Å². The number of methoxy groups -OCH3 is 1. The van der Waals surface area contributed by atoms with E-state index in [1.807, 2.05) is 0 Å². The van der Waals surface area contributed by atoms with Crippen molar-refractivity contribution in [3.05, 3.63) is 42.0 Å². The second-order valence-corrected chi connectivity index (χ2v) is 16.2. The second-order valence-electron chi connectivity index (χ2n) is 14.2. The van der Waals surface area contributed by atoms with Gasteiger partial charge in [0.15, 0.2) is 0 Å². The molecule has 2 aliphatic carbocycles. The Bertz CT molecular complexity index is 1720. The normalized spacial score (nSPS) is 26.7. The predicted molar refractivity (Wildman–Crippen MR) is 183 cm³/mol. The summed E-state index contributed by atoms with van der Waals surface area (Å²) in [6.07, 6.45) is 1.62. The van der Waals surface area contributed by atoms with Crippen LogP contribution in [0.5, 0.6) is 0 Å². The Morgan fingerprint density at radius 3 is 2.48 bits per heavy atom. The molecule has 0 radical (unpaired) electrons. The Hall–Kier alpha value is -4.71. The number of benzene rings is 1. The Morgan fingerprint density at radius 2 is 1.79 bits per heavy atom. The predicted octanol–water partition coefficient (Wildman–Crippen LogP) is 1.73. The van der Waals surface area contributed by atoms with Crippen LogP contribution in [0.25, 0.3) is 0 Å². The summed E-state index contributed by atoms with van der Waals surface area (Å²) in [5.74, 6) is -3.63. The number of para-hydroxylation sites is 1. The number of carbonyl (C=O) groups is 6. The fourth-order valence-corrected chi connectivity index (χ4v) is 7.54. The van der Waals surface area contributed by atoms with E-state index in [4.69, 9.17) is 18.9 Å². The van der Waals surface area contributed by atoms with E-state index in [0.717, 1.165) is 4.90 Å². The fraction of sp³-hybridized carbons (Fsp3) is 0.588. The number of fused-ring (bicyclic) bond motifs is 2. The molecule has 0 spiro atoms. The summed E-state index contributed by atoms with van der Waals surface area (Å²) in [5.41, 5.74) is -2.34. The highest BCUT2D eigenvalue weighted by molar-refractivity contribution is 7.91. The average Bonchev–Trinajstić information content (AvgIpc) is 3.99. The molecule has 17 nitrogen and oxygen atoms in total. The summed E-state index contributed by atoms with van der Waals surface area (Å²) < 4.78 is 49.0. The number of hydrogen-bond acceptors (Lipinski definition) is 12. The molecule has 2 saturated carbocycles. The summed E-state index contributed by atoms with van der Waals surface area (Å²) in [4.78, 5) is 81.2. The van der Waals surface area contributed by atoms with Gasteiger partial charge in [-0.15, -0.1) is 0 Å². The van der Waals surface area contributed by atoms with Crippen molar-refractivity contribution in [1.29, 1.82) is 0 Å². The Kier molecular flexibility index (Phi) is 11.5. The molecule has 1 aromatic rings. The van der Waals surface area contributed by atoms with Crippen LogP contribution in [-0.2, 0) is 43.4 Å². The van der Waals surface area contributed by atoms with E-state index in [1.54, 1.807) is 45.1 Å². The third-order valence-electron chi connectivity index (χ3n) is 9.01. The molecule has 284 valence electrons. The third-order valence-corrected chi connectivity index (χ3v) is 10.8. The van der Waals surface area contributed by atoms with Crippen LogP contribution in [0, 0.1) is 5.92 Å². The van der Waals surface area contributed by atoms with Crippen molar-refractivity contribution in [2.75, 3.05) is 32.2 Å². The van der Waals surface area contributed by atoms with Gasteiger partial charge in [-0.2, -0.15) is 0 Å². The van der Waals surface area contributed by atoms with E-state index < -0.39 is 86.4 Å². The number of rotatable bonds is 7. The molecule has 4 N–H and O–H groups in total. The molecule has 3 fully saturated rings. The minimum Gasteiger partial charge on any atom is -0.465 e. The smallest absolute Gasteiger partial charge is 0.411 e. The largest absolute Gasteiger partial charge is 0.465 e. The molecule has 4 aliphatic rings. The Labute approximate surface area is 301 Å². The highest BCUT2D eigenvalue weighted by Gasteiger charge is 2.62. The van der Waals surface area contributed by atoms with E-state index in [1.165, 1.54) is 19.2 Å². The van der Waals surface area contributed by atoms with Gasteiger partial charge in [-0.3, -0.25) is 24.4 Å². The van der Waals surface area contributed by atoms with Crippen LogP contribution in [-0.4, -0.2) is 111 Å². The molecule has 2 aliphatic heterocycles. The molecule has 0 aromatic heterocycles. The molecular weight excluding hydrogens is 702 g/mol. The molecule has 1 aromatic carbocycles. The standard InChI is InChI=1S/C34H45N5O12S/c1-33(2,3)51-32(45)36-25-12-8-16-49-15-7-9-20-18-34(20,30(43)38-52(46,47)22-13-14-22)37-27(40)26-17-21(19-39(26)28(25)41)50-31(44)35-24-11-6-5-10-23(24)29(42)48-4/h5-7,9-11,20-22,25-26H,8,12-19H2,1-4H3,(H,35,44)(H,36,45)(H,37,40)(H,38,43)/t20-,21-,25+,26+,34-/m1/s1. The number of ether oxygens (including phenoxy) is 4. The van der Waals surface area contributed by atoms with Crippen LogP contribution in [0.4, 0.5) is 15.3 Å². The quantitative estimate of drug-likeness (QED) is 0.178. The van der Waals surface area contributed by atoms with Crippen LogP contribution in [0.2, 0.25) is 0 Å². The first-order valence-electron chi connectivity index (χ1n) is 17.1. The van der Waals surface area contributed by atoms with Crippen LogP contribution >= 0.6 is 0 Å². The minimum atomic E-state index is -3.96. The zero-order valence-electron chi connectivity index (χ0n) is 29.5. The van der Waals surface area contributed by atoms with Crippen molar-refractivity contribution in [2.24, 2.45) is 5.92 Å². The van der Waals surface area contributed by atoms with Crippen LogP contribution in [0.15, 0.2) is 36.4 Å².